The van der Waals surface area contributed by atoms with E-state index >= 15 is 0 Å². The second-order valence-corrected chi connectivity index (χ2v) is 2.74. The number of ether oxygens (including phenoxy) is 1. The van der Waals surface area contributed by atoms with Crippen molar-refractivity contribution in [2.45, 2.75) is 6.36 Å². The van der Waals surface area contributed by atoms with Gasteiger partial charge in [-0.1, -0.05) is 0 Å². The summed E-state index contributed by atoms with van der Waals surface area (Å²) in [5.41, 5.74) is 3.57. The number of nitrogens with zero attached hydrogens (tertiary/aromatic N) is 2. The molecule has 1 heterocycles. The minimum Gasteiger partial charge on any atom is -0.477 e. The predicted molar refractivity (Wildman–Crippen MR) is 47.0 cm³/mol. The average molecular weight is 247 g/mol. The van der Waals surface area contributed by atoms with Crippen molar-refractivity contribution in [2.24, 2.45) is 0 Å². The molecule has 0 bridgehead atoms. The van der Waals surface area contributed by atoms with Gasteiger partial charge in [-0.05, 0) is 6.07 Å². The summed E-state index contributed by atoms with van der Waals surface area (Å²) < 4.78 is 39.3. The quantitative estimate of drug-likeness (QED) is 0.810. The smallest absolute Gasteiger partial charge is 0.477 e. The predicted octanol–water partition coefficient (Wildman–Crippen LogP) is 1.13. The molecule has 0 unspecified atom stereocenters. The van der Waals surface area contributed by atoms with Crippen LogP contribution >= 0.6 is 0 Å². The number of aromatic nitrogens is 1. The molecule has 0 aliphatic carbocycles. The van der Waals surface area contributed by atoms with Crippen LogP contribution in [0.15, 0.2) is 6.07 Å². The van der Waals surface area contributed by atoms with E-state index in [0.717, 1.165) is 6.07 Å². The number of carbonyl (C=O) groups is 1. The van der Waals surface area contributed by atoms with Gasteiger partial charge < -0.3 is 15.6 Å². The highest BCUT2D eigenvalue weighted by Gasteiger charge is 2.35. The summed E-state index contributed by atoms with van der Waals surface area (Å²) >= 11 is 0. The van der Waals surface area contributed by atoms with E-state index in [1.54, 1.807) is 0 Å². The molecule has 1 aromatic heterocycles. The van der Waals surface area contributed by atoms with Gasteiger partial charge in [-0.3, -0.25) is 0 Å². The number of alkyl halides is 3. The molecule has 0 spiro atoms. The standard InChI is InChI=1S/C8H4F3N3O3/c9-8(10,11)17-6-5(7(15)16)3(2-12)1-4(13)14-6/h1H,(H2,13,14)(H,15,16). The highest BCUT2D eigenvalue weighted by molar-refractivity contribution is 5.93. The summed E-state index contributed by atoms with van der Waals surface area (Å²) in [4.78, 5) is 13.8. The third-order valence-corrected chi connectivity index (χ3v) is 1.55. The number of halogens is 3. The van der Waals surface area contributed by atoms with Gasteiger partial charge in [-0.2, -0.15) is 10.2 Å². The highest BCUT2D eigenvalue weighted by Crippen LogP contribution is 2.27. The van der Waals surface area contributed by atoms with Crippen LogP contribution in [0, 0.1) is 11.3 Å². The maximum atomic E-state index is 12.0. The lowest BCUT2D eigenvalue weighted by molar-refractivity contribution is -0.276. The molecule has 1 aromatic rings. The maximum absolute atomic E-state index is 12.0. The molecule has 0 aromatic carbocycles. The van der Waals surface area contributed by atoms with Crippen LogP contribution in [0.3, 0.4) is 0 Å². The fourth-order valence-corrected chi connectivity index (χ4v) is 1.02. The Kier molecular flexibility index (Phi) is 3.08. The van der Waals surface area contributed by atoms with Crippen LogP contribution < -0.4 is 10.5 Å². The molecular weight excluding hydrogens is 243 g/mol. The van der Waals surface area contributed by atoms with Crippen LogP contribution in [-0.2, 0) is 0 Å². The fourth-order valence-electron chi connectivity index (χ4n) is 1.02. The highest BCUT2D eigenvalue weighted by atomic mass is 19.4. The lowest BCUT2D eigenvalue weighted by Gasteiger charge is -2.11. The second kappa shape index (κ2) is 4.17. The molecule has 0 aliphatic heterocycles. The summed E-state index contributed by atoms with van der Waals surface area (Å²) in [5, 5.41) is 17.3. The van der Waals surface area contributed by atoms with Crippen molar-refractivity contribution in [3.8, 4) is 11.9 Å². The number of nitriles is 1. The first-order chi connectivity index (χ1) is 7.74. The molecule has 9 heteroatoms. The summed E-state index contributed by atoms with van der Waals surface area (Å²) in [6.45, 7) is 0. The SMILES string of the molecule is N#Cc1cc(N)nc(OC(F)(F)F)c1C(=O)O. The monoisotopic (exact) mass is 247 g/mol. The summed E-state index contributed by atoms with van der Waals surface area (Å²) in [6, 6.07) is 2.24. The summed E-state index contributed by atoms with van der Waals surface area (Å²) in [6.07, 6.45) is -5.13. The average Bonchev–Trinajstić information content (AvgIpc) is 2.12. The van der Waals surface area contributed by atoms with Gasteiger partial charge in [-0.15, -0.1) is 13.2 Å². The number of anilines is 1. The number of carboxylic acids is 1. The van der Waals surface area contributed by atoms with Crippen LogP contribution in [-0.4, -0.2) is 22.4 Å². The maximum Gasteiger partial charge on any atom is 0.574 e. The zero-order chi connectivity index (χ0) is 13.2. The van der Waals surface area contributed by atoms with Crippen molar-refractivity contribution in [3.05, 3.63) is 17.2 Å². The van der Waals surface area contributed by atoms with Gasteiger partial charge in [0, 0.05) is 0 Å². The number of pyridine rings is 1. The minimum atomic E-state index is -5.13. The van der Waals surface area contributed by atoms with E-state index in [2.05, 4.69) is 9.72 Å². The largest absolute Gasteiger partial charge is 0.574 e. The Labute approximate surface area is 92.0 Å². The first kappa shape index (κ1) is 12.6. The Morgan fingerprint density at radius 2 is 2.18 bits per heavy atom. The van der Waals surface area contributed by atoms with Gasteiger partial charge in [0.1, 0.15) is 17.5 Å². The van der Waals surface area contributed by atoms with Gasteiger partial charge in [0.05, 0.1) is 5.56 Å². The topological polar surface area (TPSA) is 109 Å². The van der Waals surface area contributed by atoms with Crippen LogP contribution in [0.1, 0.15) is 15.9 Å². The van der Waals surface area contributed by atoms with Gasteiger partial charge in [0.25, 0.3) is 0 Å². The number of carboxylic acid groups (broad SMARTS) is 1. The van der Waals surface area contributed by atoms with Crippen LogP contribution in [0.5, 0.6) is 5.88 Å². The van der Waals surface area contributed by atoms with Crippen molar-refractivity contribution in [1.29, 1.82) is 5.26 Å². The molecule has 17 heavy (non-hydrogen) atoms. The van der Waals surface area contributed by atoms with E-state index in [0.29, 0.717) is 0 Å². The zero-order valence-corrected chi connectivity index (χ0v) is 7.95. The first-order valence-corrected chi connectivity index (χ1v) is 3.94. The molecule has 0 saturated heterocycles. The van der Waals surface area contributed by atoms with E-state index in [4.69, 9.17) is 16.1 Å². The van der Waals surface area contributed by atoms with Crippen molar-refractivity contribution in [2.75, 3.05) is 5.73 Å². The third-order valence-electron chi connectivity index (χ3n) is 1.55. The Hall–Kier alpha value is -2.50. The summed E-state index contributed by atoms with van der Waals surface area (Å²) in [5.74, 6) is -3.49. The number of nitrogen functional groups attached to an aromatic ring is 1. The lowest BCUT2D eigenvalue weighted by atomic mass is 10.1. The molecule has 1 rings (SSSR count). The Balaban J connectivity index is 3.42. The molecule has 0 radical (unpaired) electrons. The molecule has 0 saturated carbocycles. The Morgan fingerprint density at radius 3 is 2.59 bits per heavy atom. The van der Waals surface area contributed by atoms with E-state index in [1.807, 2.05) is 0 Å². The van der Waals surface area contributed by atoms with E-state index in [9.17, 15) is 18.0 Å². The third kappa shape index (κ3) is 2.97. The van der Waals surface area contributed by atoms with Crippen LogP contribution in [0.2, 0.25) is 0 Å². The molecule has 3 N–H and O–H groups in total. The zero-order valence-electron chi connectivity index (χ0n) is 7.95. The van der Waals surface area contributed by atoms with E-state index < -0.39 is 35.2 Å². The van der Waals surface area contributed by atoms with Crippen LogP contribution in [0.4, 0.5) is 19.0 Å². The number of aromatic carboxylic acids is 1. The minimum absolute atomic E-state index is 0.453. The second-order valence-electron chi connectivity index (χ2n) is 2.74. The molecule has 90 valence electrons. The van der Waals surface area contributed by atoms with Crippen molar-refractivity contribution >= 4 is 11.8 Å². The van der Waals surface area contributed by atoms with Crippen molar-refractivity contribution < 1.29 is 27.8 Å². The van der Waals surface area contributed by atoms with Gasteiger partial charge in [0.15, 0.2) is 0 Å². The fraction of sp³-hybridized carbons (Fsp3) is 0.125. The number of hydrogen-bond donors (Lipinski definition) is 2. The van der Waals surface area contributed by atoms with Crippen molar-refractivity contribution in [1.82, 2.24) is 4.98 Å². The van der Waals surface area contributed by atoms with Gasteiger partial charge in [0.2, 0.25) is 5.88 Å². The molecule has 6 nitrogen and oxygen atoms in total. The molecule has 0 amide bonds. The first-order valence-electron chi connectivity index (χ1n) is 3.94. The summed E-state index contributed by atoms with van der Waals surface area (Å²) in [7, 11) is 0. The van der Waals surface area contributed by atoms with Crippen LogP contribution in [0.25, 0.3) is 0 Å². The molecular formula is C8H4F3N3O3. The molecule has 0 atom stereocenters. The van der Waals surface area contributed by atoms with Gasteiger partial charge >= 0.3 is 12.3 Å². The number of hydrogen-bond acceptors (Lipinski definition) is 5. The van der Waals surface area contributed by atoms with E-state index in [1.165, 1.54) is 6.07 Å². The van der Waals surface area contributed by atoms with Crippen molar-refractivity contribution in [3.63, 3.8) is 0 Å². The number of rotatable bonds is 2. The molecule has 0 fully saturated rings. The normalized spacial score (nSPS) is 10.7. The number of nitrogens with two attached hydrogens (primary N) is 1. The van der Waals surface area contributed by atoms with E-state index in [-0.39, 0.29) is 0 Å². The van der Waals surface area contributed by atoms with Gasteiger partial charge in [-0.25, -0.2) is 4.79 Å². The Morgan fingerprint density at radius 1 is 1.59 bits per heavy atom. The molecule has 0 aliphatic rings. The Bertz CT molecular complexity index is 507. The lowest BCUT2D eigenvalue weighted by Crippen LogP contribution is -2.21.